The van der Waals surface area contributed by atoms with Crippen molar-refractivity contribution in [1.29, 1.82) is 0 Å². The van der Waals surface area contributed by atoms with E-state index >= 15 is 0 Å². The molecule has 4 aromatic heterocycles. The van der Waals surface area contributed by atoms with E-state index in [2.05, 4.69) is 121 Å². The Morgan fingerprint density at radius 2 is 0.481 bits per heavy atom. The standard InChI is InChI=1S/C73H42O6/c74-71-53(41-25-29-67-57(33-41)49-15-3-9-21-63(49)76-67)37-45(38-54(71)42-26-30-68-58(34-42)50-16-4-10-22-64(50)77-68)73(61-19-7-1-13-47(61)48-14-2-8-20-62(48)73)46-39-55(43-27-31-69-59(35-43)51-17-5-11-23-65(51)78-69)72(75)56(40-46)44-28-32-70-60(36-44)52-18-6-12-24-66(52)79-70/h1-40,74-75H. The molecule has 0 atom stereocenters. The number of phenolic OH excluding ortho intramolecular Hbond substituents is 2. The summed E-state index contributed by atoms with van der Waals surface area (Å²) >= 11 is 0. The maximum atomic E-state index is 13.2. The summed E-state index contributed by atoms with van der Waals surface area (Å²) in [5, 5.41) is 34.2. The molecule has 6 nitrogen and oxygen atoms in total. The van der Waals surface area contributed by atoms with Crippen molar-refractivity contribution < 1.29 is 27.9 Å². The van der Waals surface area contributed by atoms with Crippen LogP contribution in [0, 0.1) is 0 Å². The van der Waals surface area contributed by atoms with Gasteiger partial charge >= 0.3 is 0 Å². The van der Waals surface area contributed by atoms with Crippen molar-refractivity contribution >= 4 is 87.8 Å². The zero-order valence-electron chi connectivity index (χ0n) is 42.1. The molecule has 1 aliphatic rings. The average Bonchev–Trinajstić information content (AvgIpc) is 4.46. The minimum atomic E-state index is -1.04. The molecule has 1 aliphatic carbocycles. The number of phenols is 2. The highest BCUT2D eigenvalue weighted by Gasteiger charge is 2.47. The summed E-state index contributed by atoms with van der Waals surface area (Å²) < 4.78 is 25.5. The zero-order chi connectivity index (χ0) is 52.1. The van der Waals surface area contributed by atoms with Crippen LogP contribution in [0.3, 0.4) is 0 Å². The molecule has 0 saturated heterocycles. The molecule has 0 spiro atoms. The van der Waals surface area contributed by atoms with Crippen LogP contribution in [-0.4, -0.2) is 10.2 Å². The van der Waals surface area contributed by atoms with E-state index in [1.807, 2.05) is 121 Å². The van der Waals surface area contributed by atoms with Gasteiger partial charge < -0.3 is 27.9 Å². The van der Waals surface area contributed by atoms with Gasteiger partial charge in [0.2, 0.25) is 0 Å². The van der Waals surface area contributed by atoms with Crippen molar-refractivity contribution in [3.05, 3.63) is 265 Å². The molecule has 16 aromatic rings. The lowest BCUT2D eigenvalue weighted by atomic mass is 9.66. The molecule has 0 bridgehead atoms. The van der Waals surface area contributed by atoms with E-state index in [4.69, 9.17) is 17.7 Å². The minimum absolute atomic E-state index is 0.145. The normalized spacial score (nSPS) is 13.0. The number of hydrogen-bond donors (Lipinski definition) is 2. The minimum Gasteiger partial charge on any atom is -0.507 e. The third kappa shape index (κ3) is 6.22. The van der Waals surface area contributed by atoms with Gasteiger partial charge in [0.15, 0.2) is 0 Å². The van der Waals surface area contributed by atoms with Gasteiger partial charge in [-0.2, -0.15) is 0 Å². The first kappa shape index (κ1) is 43.7. The molecule has 0 fully saturated rings. The second-order valence-electron chi connectivity index (χ2n) is 20.9. The Balaban J connectivity index is 1.01. The molecule has 0 aliphatic heterocycles. The number of para-hydroxylation sites is 4. The Labute approximate surface area is 450 Å². The summed E-state index contributed by atoms with van der Waals surface area (Å²) in [7, 11) is 0. The molecule has 370 valence electrons. The van der Waals surface area contributed by atoms with E-state index in [0.29, 0.717) is 22.3 Å². The highest BCUT2D eigenvalue weighted by atomic mass is 16.3. The maximum absolute atomic E-state index is 13.2. The van der Waals surface area contributed by atoms with Crippen LogP contribution in [0.15, 0.2) is 260 Å². The van der Waals surface area contributed by atoms with Crippen molar-refractivity contribution in [2.45, 2.75) is 5.41 Å². The fourth-order valence-electron chi connectivity index (χ4n) is 13.2. The molecule has 17 rings (SSSR count). The van der Waals surface area contributed by atoms with Gasteiger partial charge in [0, 0.05) is 65.3 Å². The van der Waals surface area contributed by atoms with Crippen LogP contribution in [-0.2, 0) is 5.41 Å². The van der Waals surface area contributed by atoms with E-state index in [1.165, 1.54) is 0 Å². The molecule has 0 amide bonds. The van der Waals surface area contributed by atoms with E-state index in [1.54, 1.807) is 0 Å². The molecule has 6 heteroatoms. The van der Waals surface area contributed by atoms with Crippen molar-refractivity contribution in [3.8, 4) is 67.1 Å². The number of furan rings is 4. The highest BCUT2D eigenvalue weighted by Crippen LogP contribution is 2.60. The number of rotatable bonds is 6. The van der Waals surface area contributed by atoms with Gasteiger partial charge in [-0.25, -0.2) is 0 Å². The van der Waals surface area contributed by atoms with Crippen LogP contribution in [0.5, 0.6) is 11.5 Å². The van der Waals surface area contributed by atoms with Gasteiger partial charge in [-0.1, -0.05) is 146 Å². The maximum Gasteiger partial charge on any atom is 0.135 e. The van der Waals surface area contributed by atoms with Crippen LogP contribution < -0.4 is 0 Å². The Hall–Kier alpha value is -10.6. The fraction of sp³-hybridized carbons (Fsp3) is 0.0137. The van der Waals surface area contributed by atoms with Crippen molar-refractivity contribution in [2.75, 3.05) is 0 Å². The van der Waals surface area contributed by atoms with Crippen LogP contribution >= 0.6 is 0 Å². The molecular weight excluding hydrogens is 973 g/mol. The topological polar surface area (TPSA) is 93.0 Å². The molecule has 79 heavy (non-hydrogen) atoms. The second kappa shape index (κ2) is 16.2. The molecule has 12 aromatic carbocycles. The van der Waals surface area contributed by atoms with Crippen LogP contribution in [0.1, 0.15) is 22.3 Å². The SMILES string of the molecule is Oc1c(-c2ccc3oc4ccccc4c3c2)cc(C2(c3cc(-c4ccc5oc6ccccc6c5c4)c(O)c(-c4ccc5oc6ccccc6c5c4)c3)c3ccccc3-c3ccccc32)cc1-c1ccc2oc3ccccc3c2c1. The summed E-state index contributed by atoms with van der Waals surface area (Å²) in [4.78, 5) is 0. The monoisotopic (exact) mass is 1010 g/mol. The first-order valence-electron chi connectivity index (χ1n) is 26.6. The first-order valence-corrected chi connectivity index (χ1v) is 26.6. The number of fused-ring (bicyclic) bond motifs is 15. The predicted octanol–water partition coefficient (Wildman–Crippen LogP) is 19.7. The van der Waals surface area contributed by atoms with Gasteiger partial charge in [0.05, 0.1) is 5.41 Å². The number of benzene rings is 12. The summed E-state index contributed by atoms with van der Waals surface area (Å²) in [6, 6.07) is 83.3. The quantitative estimate of drug-likeness (QED) is 0.172. The lowest BCUT2D eigenvalue weighted by Gasteiger charge is -2.36. The zero-order valence-corrected chi connectivity index (χ0v) is 42.1. The lowest BCUT2D eigenvalue weighted by molar-refractivity contribution is 0.479. The summed E-state index contributed by atoms with van der Waals surface area (Å²) in [6.07, 6.45) is 0. The second-order valence-corrected chi connectivity index (χ2v) is 20.9. The summed E-state index contributed by atoms with van der Waals surface area (Å²) in [5.74, 6) is 0.289. The van der Waals surface area contributed by atoms with E-state index in [0.717, 1.165) is 143 Å². The predicted molar refractivity (Wildman–Crippen MR) is 318 cm³/mol. The van der Waals surface area contributed by atoms with Gasteiger partial charge in [-0.15, -0.1) is 0 Å². The van der Waals surface area contributed by atoms with Crippen LogP contribution in [0.4, 0.5) is 0 Å². The largest absolute Gasteiger partial charge is 0.507 e. The molecule has 0 unspecified atom stereocenters. The van der Waals surface area contributed by atoms with Crippen molar-refractivity contribution in [2.24, 2.45) is 0 Å². The molecule has 4 heterocycles. The number of hydrogen-bond acceptors (Lipinski definition) is 6. The third-order valence-corrected chi connectivity index (χ3v) is 16.8. The molecular formula is C73H42O6. The molecule has 0 saturated carbocycles. The fourth-order valence-corrected chi connectivity index (χ4v) is 13.2. The Kier molecular flexibility index (Phi) is 8.97. The highest BCUT2D eigenvalue weighted by molar-refractivity contribution is 6.10. The average molecular weight is 1020 g/mol. The van der Waals surface area contributed by atoms with E-state index in [9.17, 15) is 10.2 Å². The van der Waals surface area contributed by atoms with E-state index < -0.39 is 5.41 Å². The summed E-state index contributed by atoms with van der Waals surface area (Å²) in [5.41, 5.74) is 17.4. The Morgan fingerprint density at radius 1 is 0.228 bits per heavy atom. The summed E-state index contributed by atoms with van der Waals surface area (Å²) in [6.45, 7) is 0. The van der Waals surface area contributed by atoms with Gasteiger partial charge in [0.1, 0.15) is 56.2 Å². The third-order valence-electron chi connectivity index (χ3n) is 16.8. The Morgan fingerprint density at radius 3 is 0.785 bits per heavy atom. The van der Waals surface area contributed by atoms with Gasteiger partial charge in [-0.3, -0.25) is 0 Å². The van der Waals surface area contributed by atoms with Crippen molar-refractivity contribution in [1.82, 2.24) is 0 Å². The first-order chi connectivity index (χ1) is 38.9. The molecule has 2 N–H and O–H groups in total. The van der Waals surface area contributed by atoms with Crippen LogP contribution in [0.25, 0.3) is 143 Å². The number of aromatic hydroxyl groups is 2. The Bertz CT molecular complexity index is 4650. The lowest BCUT2D eigenvalue weighted by Crippen LogP contribution is -2.29. The van der Waals surface area contributed by atoms with Gasteiger partial charge in [0.25, 0.3) is 0 Å². The smallest absolute Gasteiger partial charge is 0.135 e. The van der Waals surface area contributed by atoms with E-state index in [-0.39, 0.29) is 11.5 Å². The molecule has 0 radical (unpaired) electrons. The van der Waals surface area contributed by atoms with Crippen molar-refractivity contribution in [3.63, 3.8) is 0 Å². The van der Waals surface area contributed by atoms with Crippen LogP contribution in [0.2, 0.25) is 0 Å². The van der Waals surface area contributed by atoms with Gasteiger partial charge in [-0.05, 0) is 153 Å².